The Labute approximate surface area is 106 Å². The van der Waals surface area contributed by atoms with Crippen LogP contribution in [0.3, 0.4) is 0 Å². The first-order valence-corrected chi connectivity index (χ1v) is 7.07. The van der Waals surface area contributed by atoms with Crippen LogP contribution in [0.15, 0.2) is 0 Å². The van der Waals surface area contributed by atoms with E-state index < -0.39 is 5.60 Å². The number of rotatable bonds is 7. The predicted octanol–water partition coefficient (Wildman–Crippen LogP) is 2.47. The minimum Gasteiger partial charge on any atom is -0.389 e. The van der Waals surface area contributed by atoms with E-state index in [1.807, 2.05) is 20.8 Å². The normalized spacial score (nSPS) is 20.5. The Hall–Kier alpha value is -0.120. The van der Waals surface area contributed by atoms with E-state index in [1.165, 1.54) is 32.1 Å². The van der Waals surface area contributed by atoms with Crippen molar-refractivity contribution in [1.29, 1.82) is 0 Å². The Morgan fingerprint density at radius 3 is 2.53 bits per heavy atom. The molecule has 1 saturated carbocycles. The van der Waals surface area contributed by atoms with Gasteiger partial charge in [-0.05, 0) is 46.6 Å². The molecule has 1 aliphatic rings. The maximum absolute atomic E-state index is 9.75. The van der Waals surface area contributed by atoms with Crippen LogP contribution in [0.1, 0.15) is 59.3 Å². The highest BCUT2D eigenvalue weighted by Crippen LogP contribution is 2.20. The molecule has 0 radical (unpaired) electrons. The first-order valence-electron chi connectivity index (χ1n) is 7.07. The smallest absolute Gasteiger partial charge is 0.0741 e. The van der Waals surface area contributed by atoms with E-state index in [2.05, 4.69) is 5.32 Å². The van der Waals surface area contributed by atoms with Crippen molar-refractivity contribution in [2.24, 2.45) is 0 Å². The van der Waals surface area contributed by atoms with Gasteiger partial charge in [-0.1, -0.05) is 19.3 Å². The summed E-state index contributed by atoms with van der Waals surface area (Å²) in [5.74, 6) is 0. The van der Waals surface area contributed by atoms with Gasteiger partial charge >= 0.3 is 0 Å². The standard InChI is InChI=1S/C14H29NO2/c1-12(14(2,3)16)15-10-7-11-17-13-8-5-4-6-9-13/h12-13,15-16H,4-11H2,1-3H3. The molecule has 3 heteroatoms. The van der Waals surface area contributed by atoms with Gasteiger partial charge in [0.05, 0.1) is 11.7 Å². The molecule has 0 spiro atoms. The van der Waals surface area contributed by atoms with Crippen molar-refractivity contribution in [3.8, 4) is 0 Å². The van der Waals surface area contributed by atoms with Crippen molar-refractivity contribution in [3.63, 3.8) is 0 Å². The summed E-state index contributed by atoms with van der Waals surface area (Å²) >= 11 is 0. The Balaban J connectivity index is 1.97. The third-order valence-corrected chi connectivity index (χ3v) is 3.74. The van der Waals surface area contributed by atoms with Crippen molar-refractivity contribution in [2.75, 3.05) is 13.2 Å². The SMILES string of the molecule is CC(NCCCOC1CCCCC1)C(C)(C)O. The number of ether oxygens (including phenoxy) is 1. The van der Waals surface area contributed by atoms with E-state index in [0.29, 0.717) is 6.10 Å². The molecule has 1 aliphatic carbocycles. The van der Waals surface area contributed by atoms with Gasteiger partial charge in [-0.15, -0.1) is 0 Å². The second-order valence-electron chi connectivity index (χ2n) is 5.81. The Morgan fingerprint density at radius 2 is 1.94 bits per heavy atom. The first kappa shape index (κ1) is 14.9. The molecule has 0 aromatic carbocycles. The average Bonchev–Trinajstić information content (AvgIpc) is 2.28. The molecule has 2 N–H and O–H groups in total. The largest absolute Gasteiger partial charge is 0.389 e. The maximum Gasteiger partial charge on any atom is 0.0741 e. The third kappa shape index (κ3) is 6.39. The van der Waals surface area contributed by atoms with Crippen LogP contribution in [0.4, 0.5) is 0 Å². The minimum absolute atomic E-state index is 0.122. The van der Waals surface area contributed by atoms with Crippen LogP contribution in [0.5, 0.6) is 0 Å². The van der Waals surface area contributed by atoms with E-state index in [1.54, 1.807) is 0 Å². The molecule has 1 unspecified atom stereocenters. The average molecular weight is 243 g/mol. The number of aliphatic hydroxyl groups is 1. The molecule has 0 amide bonds. The van der Waals surface area contributed by atoms with Gasteiger partial charge in [0.2, 0.25) is 0 Å². The summed E-state index contributed by atoms with van der Waals surface area (Å²) in [6.07, 6.45) is 8.06. The summed E-state index contributed by atoms with van der Waals surface area (Å²) in [7, 11) is 0. The summed E-state index contributed by atoms with van der Waals surface area (Å²) in [5, 5.41) is 13.1. The van der Waals surface area contributed by atoms with Crippen LogP contribution in [-0.2, 0) is 4.74 Å². The fraction of sp³-hybridized carbons (Fsp3) is 1.00. The minimum atomic E-state index is -0.649. The molecule has 102 valence electrons. The van der Waals surface area contributed by atoms with Crippen molar-refractivity contribution in [2.45, 2.75) is 77.0 Å². The van der Waals surface area contributed by atoms with Crippen LogP contribution in [0.25, 0.3) is 0 Å². The van der Waals surface area contributed by atoms with Crippen LogP contribution >= 0.6 is 0 Å². The van der Waals surface area contributed by atoms with Gasteiger partial charge in [-0.25, -0.2) is 0 Å². The Kier molecular flexibility index (Phi) is 6.45. The molecule has 1 fully saturated rings. The van der Waals surface area contributed by atoms with Gasteiger partial charge in [0.1, 0.15) is 0 Å². The monoisotopic (exact) mass is 243 g/mol. The summed E-state index contributed by atoms with van der Waals surface area (Å²) in [6.45, 7) is 7.45. The van der Waals surface area contributed by atoms with E-state index in [4.69, 9.17) is 4.74 Å². The molecule has 0 aromatic rings. The molecular formula is C14H29NO2. The molecular weight excluding hydrogens is 214 g/mol. The zero-order valence-corrected chi connectivity index (χ0v) is 11.7. The number of hydrogen-bond donors (Lipinski definition) is 2. The van der Waals surface area contributed by atoms with Gasteiger partial charge in [0, 0.05) is 12.6 Å². The Morgan fingerprint density at radius 1 is 1.29 bits per heavy atom. The summed E-state index contributed by atoms with van der Waals surface area (Å²) in [6, 6.07) is 0.122. The van der Waals surface area contributed by atoms with Crippen molar-refractivity contribution in [1.82, 2.24) is 5.32 Å². The zero-order chi connectivity index (χ0) is 12.7. The highest BCUT2D eigenvalue weighted by Gasteiger charge is 2.21. The van der Waals surface area contributed by atoms with Gasteiger partial charge in [0.15, 0.2) is 0 Å². The second kappa shape index (κ2) is 7.34. The Bertz CT molecular complexity index is 195. The van der Waals surface area contributed by atoms with E-state index in [0.717, 1.165) is 19.6 Å². The molecule has 3 nitrogen and oxygen atoms in total. The van der Waals surface area contributed by atoms with Gasteiger partial charge in [-0.3, -0.25) is 0 Å². The van der Waals surface area contributed by atoms with Gasteiger partial charge in [0.25, 0.3) is 0 Å². The summed E-state index contributed by atoms with van der Waals surface area (Å²) in [5.41, 5.74) is -0.649. The van der Waals surface area contributed by atoms with E-state index >= 15 is 0 Å². The highest BCUT2D eigenvalue weighted by atomic mass is 16.5. The van der Waals surface area contributed by atoms with Crippen LogP contribution in [0.2, 0.25) is 0 Å². The van der Waals surface area contributed by atoms with Crippen LogP contribution < -0.4 is 5.32 Å². The molecule has 0 aromatic heterocycles. The van der Waals surface area contributed by atoms with Crippen LogP contribution in [0, 0.1) is 0 Å². The number of nitrogens with one attached hydrogen (secondary N) is 1. The summed E-state index contributed by atoms with van der Waals surface area (Å²) < 4.78 is 5.85. The molecule has 0 aliphatic heterocycles. The van der Waals surface area contributed by atoms with Gasteiger partial charge < -0.3 is 15.2 Å². The number of hydrogen-bond acceptors (Lipinski definition) is 3. The fourth-order valence-corrected chi connectivity index (χ4v) is 2.12. The fourth-order valence-electron chi connectivity index (χ4n) is 2.12. The van der Waals surface area contributed by atoms with Crippen molar-refractivity contribution in [3.05, 3.63) is 0 Å². The quantitative estimate of drug-likeness (QED) is 0.675. The predicted molar refractivity (Wildman–Crippen MR) is 71.2 cm³/mol. The molecule has 1 rings (SSSR count). The summed E-state index contributed by atoms with van der Waals surface area (Å²) in [4.78, 5) is 0. The second-order valence-corrected chi connectivity index (χ2v) is 5.81. The van der Waals surface area contributed by atoms with Crippen LogP contribution in [-0.4, -0.2) is 36.0 Å². The zero-order valence-electron chi connectivity index (χ0n) is 11.7. The van der Waals surface area contributed by atoms with E-state index in [9.17, 15) is 5.11 Å². The first-order chi connectivity index (χ1) is 8.00. The maximum atomic E-state index is 9.75. The molecule has 0 heterocycles. The third-order valence-electron chi connectivity index (χ3n) is 3.74. The lowest BCUT2D eigenvalue weighted by molar-refractivity contribution is 0.0226. The van der Waals surface area contributed by atoms with Crippen molar-refractivity contribution >= 4 is 0 Å². The molecule has 17 heavy (non-hydrogen) atoms. The topological polar surface area (TPSA) is 41.5 Å². The van der Waals surface area contributed by atoms with E-state index in [-0.39, 0.29) is 6.04 Å². The lowest BCUT2D eigenvalue weighted by Crippen LogP contribution is -2.45. The lowest BCUT2D eigenvalue weighted by Gasteiger charge is -2.27. The van der Waals surface area contributed by atoms with Gasteiger partial charge in [-0.2, -0.15) is 0 Å². The highest BCUT2D eigenvalue weighted by molar-refractivity contribution is 4.79. The molecule has 1 atom stereocenters. The van der Waals surface area contributed by atoms with Crippen molar-refractivity contribution < 1.29 is 9.84 Å². The molecule has 0 saturated heterocycles. The lowest BCUT2D eigenvalue weighted by atomic mass is 9.98. The molecule has 0 bridgehead atoms.